The summed E-state index contributed by atoms with van der Waals surface area (Å²) in [7, 11) is 0. The molecule has 0 aliphatic rings. The molecule has 3 rings (SSSR count). The third kappa shape index (κ3) is 9.15. The number of nitrogens with one attached hydrogen (secondary N) is 1. The number of amides is 1. The van der Waals surface area contributed by atoms with E-state index in [2.05, 4.69) is 29.7 Å². The molecule has 0 bridgehead atoms. The van der Waals surface area contributed by atoms with Crippen LogP contribution in [0.15, 0.2) is 72.8 Å². The monoisotopic (exact) mass is 495 g/mol. The van der Waals surface area contributed by atoms with E-state index in [0.717, 1.165) is 35.4 Å². The largest absolute Gasteiger partial charge is 0.416 e. The first-order valence-corrected chi connectivity index (χ1v) is 12.6. The van der Waals surface area contributed by atoms with E-state index in [1.807, 2.05) is 24.3 Å². The Bertz CT molecular complexity index is 1060. The highest BCUT2D eigenvalue weighted by atomic mass is 19.4. The van der Waals surface area contributed by atoms with Crippen molar-refractivity contribution >= 4 is 11.6 Å². The second kappa shape index (κ2) is 13.8. The first-order valence-electron chi connectivity index (χ1n) is 12.6. The Morgan fingerprint density at radius 1 is 0.722 bits per heavy atom. The molecule has 3 aromatic carbocycles. The van der Waals surface area contributed by atoms with E-state index in [9.17, 15) is 18.0 Å². The Hall–Kier alpha value is -3.12. The molecule has 0 fully saturated rings. The smallest absolute Gasteiger partial charge is 0.322 e. The molecule has 0 saturated carbocycles. The predicted octanol–water partition coefficient (Wildman–Crippen LogP) is 8.17. The topological polar surface area (TPSA) is 43.2 Å². The summed E-state index contributed by atoms with van der Waals surface area (Å²) in [6.07, 6.45) is 4.38. The van der Waals surface area contributed by atoms with E-state index in [1.54, 1.807) is 12.1 Å². The van der Waals surface area contributed by atoms with Crippen molar-refractivity contribution in [1.29, 1.82) is 0 Å². The molecule has 0 aromatic heterocycles. The van der Waals surface area contributed by atoms with Crippen molar-refractivity contribution in [2.24, 2.45) is 0 Å². The Morgan fingerprint density at radius 2 is 1.25 bits per heavy atom. The quantitative estimate of drug-likeness (QED) is 0.239. The maximum Gasteiger partial charge on any atom is 0.416 e. The van der Waals surface area contributed by atoms with Crippen LogP contribution in [0.1, 0.15) is 78.1 Å². The van der Waals surface area contributed by atoms with Crippen molar-refractivity contribution in [3.05, 3.63) is 101 Å². The van der Waals surface area contributed by atoms with E-state index in [1.165, 1.54) is 56.2 Å². The van der Waals surface area contributed by atoms with Crippen molar-refractivity contribution < 1.29 is 18.0 Å². The maximum atomic E-state index is 12.6. The summed E-state index contributed by atoms with van der Waals surface area (Å²) in [5.41, 5.74) is 3.59. The van der Waals surface area contributed by atoms with Crippen molar-refractivity contribution in [3.63, 3.8) is 0 Å². The van der Waals surface area contributed by atoms with Crippen LogP contribution in [0.5, 0.6) is 0 Å². The van der Waals surface area contributed by atoms with Crippen LogP contribution in [0.3, 0.4) is 0 Å². The van der Waals surface area contributed by atoms with Crippen molar-refractivity contribution in [2.75, 3.05) is 5.32 Å². The van der Waals surface area contributed by atoms with Crippen LogP contribution in [0.2, 0.25) is 0 Å². The van der Waals surface area contributed by atoms with Gasteiger partial charge in [0.15, 0.2) is 0 Å². The lowest BCUT2D eigenvalue weighted by Crippen LogP contribution is -2.12. The molecule has 3 nitrogen and oxygen atoms in total. The van der Waals surface area contributed by atoms with Gasteiger partial charge in [0.25, 0.3) is 5.91 Å². The summed E-state index contributed by atoms with van der Waals surface area (Å²) >= 11 is 0. The van der Waals surface area contributed by atoms with Crippen molar-refractivity contribution in [2.45, 2.75) is 71.1 Å². The minimum Gasteiger partial charge on any atom is -0.322 e. The molecular formula is C30H34F3N2O. The number of nitrogens with zero attached hydrogens (tertiary/aromatic N) is 1. The van der Waals surface area contributed by atoms with Gasteiger partial charge >= 0.3 is 6.18 Å². The van der Waals surface area contributed by atoms with Gasteiger partial charge in [0.2, 0.25) is 0 Å². The van der Waals surface area contributed by atoms with Gasteiger partial charge in [0.1, 0.15) is 0 Å². The molecule has 0 atom stereocenters. The second-order valence-corrected chi connectivity index (χ2v) is 9.10. The number of carbonyl (C=O) groups is 1. The van der Waals surface area contributed by atoms with E-state index in [0.29, 0.717) is 18.7 Å². The molecule has 36 heavy (non-hydrogen) atoms. The fraction of sp³-hybridized carbons (Fsp3) is 0.367. The maximum absolute atomic E-state index is 12.6. The number of rotatable bonds is 13. The van der Waals surface area contributed by atoms with E-state index < -0.39 is 11.7 Å². The zero-order chi connectivity index (χ0) is 25.8. The van der Waals surface area contributed by atoms with Gasteiger partial charge < -0.3 is 5.32 Å². The number of aryl methyl sites for hydroxylation is 1. The highest BCUT2D eigenvalue weighted by Gasteiger charge is 2.29. The number of hydrogen-bond acceptors (Lipinski definition) is 1. The number of benzene rings is 3. The summed E-state index contributed by atoms with van der Waals surface area (Å²) in [4.78, 5) is 12.6. The van der Waals surface area contributed by atoms with E-state index in [-0.39, 0.29) is 5.91 Å². The zero-order valence-electron chi connectivity index (χ0n) is 20.8. The first-order chi connectivity index (χ1) is 17.3. The summed E-state index contributed by atoms with van der Waals surface area (Å²) in [6, 6.07) is 20.3. The number of alkyl halides is 3. The lowest BCUT2D eigenvalue weighted by molar-refractivity contribution is -0.137. The van der Waals surface area contributed by atoms with Crippen LogP contribution < -0.4 is 10.6 Å². The lowest BCUT2D eigenvalue weighted by Gasteiger charge is -2.09. The number of unbranched alkanes of at least 4 members (excludes halogenated alkanes) is 5. The SMILES string of the molecule is CCCCCCCCc1ccc(NC(=O)c2ccc(C[N]Cc3ccc(C(F)(F)F)cc3)cc2)cc1. The van der Waals surface area contributed by atoms with Gasteiger partial charge in [-0.15, -0.1) is 0 Å². The van der Waals surface area contributed by atoms with Gasteiger partial charge in [-0.2, -0.15) is 13.2 Å². The molecule has 0 aliphatic heterocycles. The van der Waals surface area contributed by atoms with Crippen LogP contribution in [-0.4, -0.2) is 5.91 Å². The van der Waals surface area contributed by atoms with Gasteiger partial charge in [-0.05, 0) is 65.9 Å². The van der Waals surface area contributed by atoms with Crippen molar-refractivity contribution in [3.8, 4) is 0 Å². The molecule has 191 valence electrons. The second-order valence-electron chi connectivity index (χ2n) is 9.10. The zero-order valence-corrected chi connectivity index (χ0v) is 20.8. The number of halogens is 3. The van der Waals surface area contributed by atoms with Gasteiger partial charge in [0, 0.05) is 24.3 Å². The molecule has 0 spiro atoms. The molecule has 1 radical (unpaired) electrons. The number of carbonyl (C=O) groups excluding carboxylic acids is 1. The predicted molar refractivity (Wildman–Crippen MR) is 139 cm³/mol. The number of anilines is 1. The summed E-state index contributed by atoms with van der Waals surface area (Å²) in [6.45, 7) is 2.98. The Kier molecular flexibility index (Phi) is 10.6. The Labute approximate surface area is 212 Å². The van der Waals surface area contributed by atoms with Crippen LogP contribution in [0.4, 0.5) is 18.9 Å². The average Bonchev–Trinajstić information content (AvgIpc) is 2.87. The molecule has 0 heterocycles. The highest BCUT2D eigenvalue weighted by Crippen LogP contribution is 2.29. The molecule has 1 N–H and O–H groups in total. The van der Waals surface area contributed by atoms with Gasteiger partial charge in [-0.1, -0.05) is 75.4 Å². The highest BCUT2D eigenvalue weighted by molar-refractivity contribution is 6.04. The average molecular weight is 496 g/mol. The van der Waals surface area contributed by atoms with Crippen LogP contribution in [-0.2, 0) is 25.7 Å². The molecule has 0 aliphatic carbocycles. The standard InChI is InChI=1S/C30H34F3N2O/c1-2-3-4-5-6-7-8-23-13-19-28(20-14-23)35-29(36)26-15-9-24(10-16-26)21-34-22-25-11-17-27(18-12-25)30(31,32)33/h9-20H,2-8,21-22H2,1H3,(H,35,36). The van der Waals surface area contributed by atoms with Crippen LogP contribution in [0.25, 0.3) is 0 Å². The van der Waals surface area contributed by atoms with Crippen LogP contribution >= 0.6 is 0 Å². The molecule has 3 aromatic rings. The molecular weight excluding hydrogens is 461 g/mol. The fourth-order valence-electron chi connectivity index (χ4n) is 3.94. The van der Waals surface area contributed by atoms with Crippen LogP contribution in [0, 0.1) is 0 Å². The molecule has 1 amide bonds. The Balaban J connectivity index is 1.40. The van der Waals surface area contributed by atoms with E-state index in [4.69, 9.17) is 0 Å². The molecule has 6 heteroatoms. The fourth-order valence-corrected chi connectivity index (χ4v) is 3.94. The van der Waals surface area contributed by atoms with Gasteiger partial charge in [-0.3, -0.25) is 4.79 Å². The molecule has 0 unspecified atom stereocenters. The normalized spacial score (nSPS) is 11.4. The number of hydrogen-bond donors (Lipinski definition) is 1. The summed E-state index contributed by atoms with van der Waals surface area (Å²) in [5, 5.41) is 7.34. The van der Waals surface area contributed by atoms with Gasteiger partial charge in [-0.25, -0.2) is 5.32 Å². The lowest BCUT2D eigenvalue weighted by atomic mass is 10.0. The third-order valence-corrected chi connectivity index (χ3v) is 6.12. The first kappa shape index (κ1) is 27.5. The summed E-state index contributed by atoms with van der Waals surface area (Å²) < 4.78 is 37.9. The van der Waals surface area contributed by atoms with E-state index >= 15 is 0 Å². The Morgan fingerprint density at radius 3 is 1.83 bits per heavy atom. The minimum atomic E-state index is -4.33. The summed E-state index contributed by atoms with van der Waals surface area (Å²) in [5.74, 6) is -0.174. The van der Waals surface area contributed by atoms with Crippen molar-refractivity contribution in [1.82, 2.24) is 5.32 Å². The third-order valence-electron chi connectivity index (χ3n) is 6.12. The van der Waals surface area contributed by atoms with Gasteiger partial charge in [0.05, 0.1) is 5.56 Å². The molecule has 0 saturated heterocycles. The minimum absolute atomic E-state index is 0.174.